The molecule has 4 heteroatoms. The standard InChI is InChI=1S/C17H26N2O2/c1-13-10-11-19(17(2,3)4)18(13)12-14-8-7-9-15(20-5)16(14)21-6/h7-11,13H,12H2,1-6H3. The maximum absolute atomic E-state index is 5.54. The smallest absolute Gasteiger partial charge is 0.165 e. The molecule has 0 saturated heterocycles. The Hall–Kier alpha value is -1.68. The van der Waals surface area contributed by atoms with Crippen molar-refractivity contribution in [1.29, 1.82) is 0 Å². The van der Waals surface area contributed by atoms with Gasteiger partial charge in [0.05, 0.1) is 14.2 Å². The maximum Gasteiger partial charge on any atom is 0.165 e. The predicted molar refractivity (Wildman–Crippen MR) is 85.3 cm³/mol. The summed E-state index contributed by atoms with van der Waals surface area (Å²) in [6.07, 6.45) is 4.38. The van der Waals surface area contributed by atoms with E-state index in [2.05, 4.69) is 56.1 Å². The Kier molecular flexibility index (Phi) is 4.47. The first kappa shape index (κ1) is 15.7. The summed E-state index contributed by atoms with van der Waals surface area (Å²) in [5.74, 6) is 1.59. The minimum Gasteiger partial charge on any atom is -0.493 e. The number of nitrogens with zero attached hydrogens (tertiary/aromatic N) is 2. The van der Waals surface area contributed by atoms with Gasteiger partial charge < -0.3 is 14.5 Å². The molecule has 4 nitrogen and oxygen atoms in total. The molecule has 0 bridgehead atoms. The van der Waals surface area contributed by atoms with E-state index in [-0.39, 0.29) is 5.54 Å². The Morgan fingerprint density at radius 2 is 1.86 bits per heavy atom. The van der Waals surface area contributed by atoms with Gasteiger partial charge in [0.1, 0.15) is 0 Å². The van der Waals surface area contributed by atoms with Gasteiger partial charge in [-0.1, -0.05) is 12.1 Å². The molecule has 1 aliphatic heterocycles. The van der Waals surface area contributed by atoms with Crippen LogP contribution in [0.2, 0.25) is 0 Å². The van der Waals surface area contributed by atoms with Gasteiger partial charge >= 0.3 is 0 Å². The summed E-state index contributed by atoms with van der Waals surface area (Å²) in [5, 5.41) is 4.63. The van der Waals surface area contributed by atoms with Gasteiger partial charge in [0, 0.05) is 29.9 Å². The van der Waals surface area contributed by atoms with Crippen molar-refractivity contribution in [1.82, 2.24) is 10.0 Å². The molecule has 1 heterocycles. The second kappa shape index (κ2) is 5.98. The molecule has 0 saturated carbocycles. The lowest BCUT2D eigenvalue weighted by molar-refractivity contribution is -0.0526. The Morgan fingerprint density at radius 1 is 1.14 bits per heavy atom. The van der Waals surface area contributed by atoms with Crippen LogP contribution in [0.15, 0.2) is 30.5 Å². The highest BCUT2D eigenvalue weighted by Crippen LogP contribution is 2.34. The second-order valence-corrected chi connectivity index (χ2v) is 6.35. The number of hydrogen-bond donors (Lipinski definition) is 0. The van der Waals surface area contributed by atoms with Crippen LogP contribution in [-0.2, 0) is 6.54 Å². The van der Waals surface area contributed by atoms with E-state index < -0.39 is 0 Å². The molecule has 1 aliphatic rings. The molecule has 0 aliphatic carbocycles. The SMILES string of the molecule is COc1cccc(CN2C(C)C=CN2C(C)(C)C)c1OC. The van der Waals surface area contributed by atoms with E-state index in [4.69, 9.17) is 9.47 Å². The topological polar surface area (TPSA) is 24.9 Å². The van der Waals surface area contributed by atoms with Gasteiger partial charge in [-0.3, -0.25) is 0 Å². The van der Waals surface area contributed by atoms with Crippen LogP contribution in [-0.4, -0.2) is 35.8 Å². The van der Waals surface area contributed by atoms with E-state index in [1.807, 2.05) is 12.1 Å². The van der Waals surface area contributed by atoms with Crippen LogP contribution >= 0.6 is 0 Å². The summed E-state index contributed by atoms with van der Waals surface area (Å²) < 4.78 is 10.9. The largest absolute Gasteiger partial charge is 0.493 e. The summed E-state index contributed by atoms with van der Waals surface area (Å²) in [7, 11) is 3.36. The number of rotatable bonds is 4. The Balaban J connectivity index is 2.29. The van der Waals surface area contributed by atoms with E-state index in [9.17, 15) is 0 Å². The quantitative estimate of drug-likeness (QED) is 0.848. The first-order valence-corrected chi connectivity index (χ1v) is 7.32. The fourth-order valence-corrected chi connectivity index (χ4v) is 2.67. The van der Waals surface area contributed by atoms with Crippen molar-refractivity contribution < 1.29 is 9.47 Å². The lowest BCUT2D eigenvalue weighted by Crippen LogP contribution is -2.48. The van der Waals surface area contributed by atoms with Crippen molar-refractivity contribution in [2.75, 3.05) is 14.2 Å². The van der Waals surface area contributed by atoms with E-state index >= 15 is 0 Å². The van der Waals surface area contributed by atoms with Crippen molar-refractivity contribution in [3.63, 3.8) is 0 Å². The molecule has 1 aromatic rings. The monoisotopic (exact) mass is 290 g/mol. The molecule has 21 heavy (non-hydrogen) atoms. The summed E-state index contributed by atoms with van der Waals surface area (Å²) in [4.78, 5) is 0. The molecule has 1 aromatic carbocycles. The van der Waals surface area contributed by atoms with Crippen molar-refractivity contribution in [2.24, 2.45) is 0 Å². The van der Waals surface area contributed by atoms with Gasteiger partial charge in [-0.2, -0.15) is 0 Å². The van der Waals surface area contributed by atoms with E-state index in [1.165, 1.54) is 0 Å². The summed E-state index contributed by atoms with van der Waals surface area (Å²) in [6.45, 7) is 9.63. The van der Waals surface area contributed by atoms with Crippen molar-refractivity contribution in [2.45, 2.75) is 45.8 Å². The molecule has 116 valence electrons. The average Bonchev–Trinajstić information content (AvgIpc) is 2.80. The van der Waals surface area contributed by atoms with Gasteiger partial charge in [-0.15, -0.1) is 0 Å². The molecule has 1 atom stereocenters. The van der Waals surface area contributed by atoms with Crippen LogP contribution in [0.25, 0.3) is 0 Å². The van der Waals surface area contributed by atoms with Crippen LogP contribution < -0.4 is 9.47 Å². The summed E-state index contributed by atoms with van der Waals surface area (Å²) in [5.41, 5.74) is 1.18. The first-order valence-electron chi connectivity index (χ1n) is 7.32. The van der Waals surface area contributed by atoms with E-state index in [0.717, 1.165) is 23.6 Å². The van der Waals surface area contributed by atoms with Crippen molar-refractivity contribution >= 4 is 0 Å². The zero-order valence-corrected chi connectivity index (χ0v) is 13.9. The summed E-state index contributed by atoms with van der Waals surface area (Å²) in [6, 6.07) is 6.38. The van der Waals surface area contributed by atoms with Crippen molar-refractivity contribution in [3.05, 3.63) is 36.0 Å². The number of methoxy groups -OCH3 is 2. The van der Waals surface area contributed by atoms with E-state index in [0.29, 0.717) is 6.04 Å². The van der Waals surface area contributed by atoms with Gasteiger partial charge in [0.25, 0.3) is 0 Å². The van der Waals surface area contributed by atoms with Gasteiger partial charge in [0.15, 0.2) is 11.5 Å². The Morgan fingerprint density at radius 3 is 2.43 bits per heavy atom. The predicted octanol–water partition coefficient (Wildman–Crippen LogP) is 3.44. The van der Waals surface area contributed by atoms with Crippen LogP contribution in [0.3, 0.4) is 0 Å². The normalized spacial score (nSPS) is 19.1. The number of hydrogen-bond acceptors (Lipinski definition) is 4. The number of benzene rings is 1. The highest BCUT2D eigenvalue weighted by molar-refractivity contribution is 5.46. The zero-order chi connectivity index (χ0) is 15.6. The molecule has 0 amide bonds. The number of para-hydroxylation sites is 1. The molecule has 0 radical (unpaired) electrons. The van der Waals surface area contributed by atoms with Gasteiger partial charge in [0.2, 0.25) is 0 Å². The van der Waals surface area contributed by atoms with Gasteiger partial charge in [-0.05, 0) is 39.8 Å². The minimum atomic E-state index is 0.0490. The van der Waals surface area contributed by atoms with Gasteiger partial charge in [-0.25, -0.2) is 5.01 Å². The molecular formula is C17H26N2O2. The van der Waals surface area contributed by atoms with E-state index in [1.54, 1.807) is 14.2 Å². The lowest BCUT2D eigenvalue weighted by atomic mass is 10.1. The lowest BCUT2D eigenvalue weighted by Gasteiger charge is -2.41. The molecular weight excluding hydrogens is 264 g/mol. The third-order valence-electron chi connectivity index (χ3n) is 3.76. The molecule has 1 unspecified atom stereocenters. The zero-order valence-electron chi connectivity index (χ0n) is 13.9. The molecule has 0 fully saturated rings. The molecule has 0 aromatic heterocycles. The Labute approximate surface area is 127 Å². The fraction of sp³-hybridized carbons (Fsp3) is 0.529. The number of hydrazine groups is 1. The minimum absolute atomic E-state index is 0.0490. The Bertz CT molecular complexity index is 520. The van der Waals surface area contributed by atoms with Crippen LogP contribution in [0.1, 0.15) is 33.3 Å². The second-order valence-electron chi connectivity index (χ2n) is 6.35. The highest BCUT2D eigenvalue weighted by atomic mass is 16.5. The van der Waals surface area contributed by atoms with Crippen LogP contribution in [0.4, 0.5) is 0 Å². The molecule has 0 spiro atoms. The summed E-state index contributed by atoms with van der Waals surface area (Å²) >= 11 is 0. The average molecular weight is 290 g/mol. The van der Waals surface area contributed by atoms with Crippen molar-refractivity contribution in [3.8, 4) is 11.5 Å². The molecule has 0 N–H and O–H groups in total. The highest BCUT2D eigenvalue weighted by Gasteiger charge is 2.31. The third kappa shape index (κ3) is 3.16. The molecule has 2 rings (SSSR count). The third-order valence-corrected chi connectivity index (χ3v) is 3.76. The van der Waals surface area contributed by atoms with Crippen LogP contribution in [0.5, 0.6) is 11.5 Å². The fourth-order valence-electron chi connectivity index (χ4n) is 2.67. The first-order chi connectivity index (χ1) is 9.88. The number of ether oxygens (including phenoxy) is 2. The maximum atomic E-state index is 5.54. The van der Waals surface area contributed by atoms with Crippen LogP contribution in [0, 0.1) is 0 Å².